The zero-order chi connectivity index (χ0) is 13.1. The molecule has 96 valence electrons. The Labute approximate surface area is 114 Å². The Kier molecular flexibility index (Phi) is 4.11. The number of nitrogens with zero attached hydrogens (tertiary/aromatic N) is 3. The number of benzene rings is 1. The van der Waals surface area contributed by atoms with E-state index in [0.717, 1.165) is 31.7 Å². The highest BCUT2D eigenvalue weighted by Crippen LogP contribution is 2.26. The van der Waals surface area contributed by atoms with Crippen LogP contribution in [0.3, 0.4) is 0 Å². The van der Waals surface area contributed by atoms with Gasteiger partial charge in [-0.05, 0) is 45.1 Å². The van der Waals surface area contributed by atoms with Gasteiger partial charge in [0.15, 0.2) is 0 Å². The fourth-order valence-corrected chi connectivity index (χ4v) is 2.75. The molecule has 0 N–H and O–H groups in total. The highest BCUT2D eigenvalue weighted by atomic mass is 35.5. The maximum Gasteiger partial charge on any atom is 0.101 e. The minimum absolute atomic E-state index is 0.408. The average molecular weight is 264 g/mol. The highest BCUT2D eigenvalue weighted by Gasteiger charge is 2.21. The van der Waals surface area contributed by atoms with Crippen LogP contribution < -0.4 is 4.90 Å². The number of hydrogen-bond donors (Lipinski definition) is 0. The van der Waals surface area contributed by atoms with Gasteiger partial charge in [-0.25, -0.2) is 0 Å². The number of nitriles is 1. The van der Waals surface area contributed by atoms with Crippen molar-refractivity contribution in [3.63, 3.8) is 0 Å². The molecule has 4 heteroatoms. The van der Waals surface area contributed by atoms with Gasteiger partial charge in [-0.1, -0.05) is 11.6 Å². The second kappa shape index (κ2) is 5.60. The van der Waals surface area contributed by atoms with Crippen molar-refractivity contribution in [3.05, 3.63) is 28.8 Å². The van der Waals surface area contributed by atoms with Crippen molar-refractivity contribution in [2.75, 3.05) is 31.6 Å². The molecule has 2 rings (SSSR count). The summed E-state index contributed by atoms with van der Waals surface area (Å²) in [5.41, 5.74) is 1.67. The van der Waals surface area contributed by atoms with Crippen LogP contribution in [-0.4, -0.2) is 37.6 Å². The number of hydrogen-bond acceptors (Lipinski definition) is 3. The standard InChI is InChI=1S/C14H18ClN3/c1-11-10-17(2)6-3-7-18(11)14-5-4-13(15)8-12(14)9-16/h4-5,8,11H,3,6-7,10H2,1-2H3. The van der Waals surface area contributed by atoms with Gasteiger partial charge in [0.25, 0.3) is 0 Å². The van der Waals surface area contributed by atoms with E-state index in [4.69, 9.17) is 11.6 Å². The average Bonchev–Trinajstić information content (AvgIpc) is 2.50. The van der Waals surface area contributed by atoms with Crippen LogP contribution in [0.25, 0.3) is 0 Å². The Bertz CT molecular complexity index is 467. The predicted octanol–water partition coefficient (Wildman–Crippen LogP) is 2.74. The Morgan fingerprint density at radius 2 is 2.17 bits per heavy atom. The van der Waals surface area contributed by atoms with Crippen molar-refractivity contribution in [1.29, 1.82) is 5.26 Å². The monoisotopic (exact) mass is 263 g/mol. The Balaban J connectivity index is 2.32. The van der Waals surface area contributed by atoms with Crippen molar-refractivity contribution >= 4 is 17.3 Å². The molecule has 0 bridgehead atoms. The first-order valence-electron chi connectivity index (χ1n) is 6.26. The summed E-state index contributed by atoms with van der Waals surface area (Å²) in [4.78, 5) is 4.66. The van der Waals surface area contributed by atoms with Gasteiger partial charge < -0.3 is 9.80 Å². The minimum atomic E-state index is 0.408. The molecule has 0 aliphatic carbocycles. The molecule has 18 heavy (non-hydrogen) atoms. The van der Waals surface area contributed by atoms with E-state index >= 15 is 0 Å². The zero-order valence-electron chi connectivity index (χ0n) is 10.9. The summed E-state index contributed by atoms with van der Waals surface area (Å²) < 4.78 is 0. The van der Waals surface area contributed by atoms with Crippen LogP contribution in [-0.2, 0) is 0 Å². The number of likely N-dealkylation sites (N-methyl/N-ethyl adjacent to an activating group) is 1. The number of anilines is 1. The van der Waals surface area contributed by atoms with E-state index in [0.29, 0.717) is 16.6 Å². The largest absolute Gasteiger partial charge is 0.366 e. The van der Waals surface area contributed by atoms with Crippen molar-refractivity contribution in [1.82, 2.24) is 4.90 Å². The second-order valence-electron chi connectivity index (χ2n) is 4.93. The first-order valence-corrected chi connectivity index (χ1v) is 6.64. The summed E-state index contributed by atoms with van der Waals surface area (Å²) in [5, 5.41) is 9.86. The molecule has 0 spiro atoms. The van der Waals surface area contributed by atoms with Gasteiger partial charge in [-0.2, -0.15) is 5.26 Å². The molecule has 1 aliphatic heterocycles. The van der Waals surface area contributed by atoms with Crippen molar-refractivity contribution in [2.24, 2.45) is 0 Å². The maximum atomic E-state index is 9.24. The van der Waals surface area contributed by atoms with Crippen molar-refractivity contribution in [2.45, 2.75) is 19.4 Å². The van der Waals surface area contributed by atoms with Gasteiger partial charge in [-0.3, -0.25) is 0 Å². The maximum absolute atomic E-state index is 9.24. The lowest BCUT2D eigenvalue weighted by molar-refractivity contribution is 0.337. The molecule has 1 fully saturated rings. The lowest BCUT2D eigenvalue weighted by atomic mass is 10.1. The third-order valence-electron chi connectivity index (χ3n) is 3.44. The summed E-state index contributed by atoms with van der Waals surface area (Å²) in [6.07, 6.45) is 1.12. The first-order chi connectivity index (χ1) is 8.61. The zero-order valence-corrected chi connectivity index (χ0v) is 11.6. The van der Waals surface area contributed by atoms with E-state index in [1.807, 2.05) is 12.1 Å². The van der Waals surface area contributed by atoms with Crippen LogP contribution in [0.2, 0.25) is 5.02 Å². The van der Waals surface area contributed by atoms with Crippen LogP contribution >= 0.6 is 11.6 Å². The number of rotatable bonds is 1. The molecule has 1 atom stereocenters. The predicted molar refractivity (Wildman–Crippen MR) is 75.1 cm³/mol. The van der Waals surface area contributed by atoms with Crippen molar-refractivity contribution < 1.29 is 0 Å². The van der Waals surface area contributed by atoms with Gasteiger partial charge in [0, 0.05) is 24.2 Å². The molecule has 0 aromatic heterocycles. The van der Waals surface area contributed by atoms with Crippen LogP contribution in [0, 0.1) is 11.3 Å². The third kappa shape index (κ3) is 2.77. The van der Waals surface area contributed by atoms with Gasteiger partial charge in [0.2, 0.25) is 0 Å². The molecule has 1 aromatic carbocycles. The summed E-state index contributed by atoms with van der Waals surface area (Å²) in [6.45, 7) is 5.32. The summed E-state index contributed by atoms with van der Waals surface area (Å²) in [6, 6.07) is 8.22. The Hall–Kier alpha value is -1.24. The quantitative estimate of drug-likeness (QED) is 0.781. The first kappa shape index (κ1) is 13.2. The SMILES string of the molecule is CC1CN(C)CCCN1c1ccc(Cl)cc1C#N. The van der Waals surface area contributed by atoms with Gasteiger partial charge in [0.1, 0.15) is 6.07 Å². The van der Waals surface area contributed by atoms with E-state index in [1.54, 1.807) is 6.07 Å². The number of halogens is 1. The molecule has 1 aromatic rings. The molecule has 0 saturated carbocycles. The summed E-state index contributed by atoms with van der Waals surface area (Å²) >= 11 is 5.95. The van der Waals surface area contributed by atoms with Gasteiger partial charge >= 0.3 is 0 Å². The fraction of sp³-hybridized carbons (Fsp3) is 0.500. The highest BCUT2D eigenvalue weighted by molar-refractivity contribution is 6.30. The molecule has 0 amide bonds. The molecule has 3 nitrogen and oxygen atoms in total. The van der Waals surface area contributed by atoms with Crippen molar-refractivity contribution in [3.8, 4) is 6.07 Å². The third-order valence-corrected chi connectivity index (χ3v) is 3.67. The van der Waals surface area contributed by atoms with E-state index in [-0.39, 0.29) is 0 Å². The fourth-order valence-electron chi connectivity index (χ4n) is 2.58. The van der Waals surface area contributed by atoms with E-state index < -0.39 is 0 Å². The second-order valence-corrected chi connectivity index (χ2v) is 5.37. The van der Waals surface area contributed by atoms with E-state index in [1.165, 1.54) is 0 Å². The van der Waals surface area contributed by atoms with Gasteiger partial charge in [0.05, 0.1) is 11.3 Å². The molecule has 1 aliphatic rings. The van der Waals surface area contributed by atoms with Crippen LogP contribution in [0.15, 0.2) is 18.2 Å². The molecular weight excluding hydrogens is 246 g/mol. The van der Waals surface area contributed by atoms with Crippen LogP contribution in [0.1, 0.15) is 18.9 Å². The molecular formula is C14H18ClN3. The molecule has 1 heterocycles. The lowest BCUT2D eigenvalue weighted by Gasteiger charge is -2.30. The summed E-state index contributed by atoms with van der Waals surface area (Å²) in [7, 11) is 2.15. The lowest BCUT2D eigenvalue weighted by Crippen LogP contribution is -2.38. The van der Waals surface area contributed by atoms with Crippen LogP contribution in [0.5, 0.6) is 0 Å². The van der Waals surface area contributed by atoms with Crippen LogP contribution in [0.4, 0.5) is 5.69 Å². The van der Waals surface area contributed by atoms with E-state index in [9.17, 15) is 5.26 Å². The molecule has 0 radical (unpaired) electrons. The molecule has 1 saturated heterocycles. The Morgan fingerprint density at radius 3 is 2.89 bits per heavy atom. The smallest absolute Gasteiger partial charge is 0.101 e. The topological polar surface area (TPSA) is 30.3 Å². The Morgan fingerprint density at radius 1 is 1.39 bits per heavy atom. The normalized spacial score (nSPS) is 21.4. The summed E-state index contributed by atoms with van der Waals surface area (Å²) in [5.74, 6) is 0. The van der Waals surface area contributed by atoms with E-state index in [2.05, 4.69) is 29.8 Å². The van der Waals surface area contributed by atoms with Gasteiger partial charge in [-0.15, -0.1) is 0 Å². The molecule has 1 unspecified atom stereocenters. The minimum Gasteiger partial charge on any atom is -0.366 e.